The molecule has 0 aliphatic carbocycles. The topological polar surface area (TPSA) is 108 Å². The molecule has 8 nitrogen and oxygen atoms in total. The lowest BCUT2D eigenvalue weighted by Crippen LogP contribution is -2.59. The van der Waals surface area contributed by atoms with E-state index in [2.05, 4.69) is 33.5 Å². The Kier molecular flexibility index (Phi) is 7.36. The number of fused-ring (bicyclic) bond motifs is 1. The van der Waals surface area contributed by atoms with E-state index < -0.39 is 35.6 Å². The summed E-state index contributed by atoms with van der Waals surface area (Å²) in [6, 6.07) is 7.61. The highest BCUT2D eigenvalue weighted by atomic mass is 79.9. The van der Waals surface area contributed by atoms with E-state index in [1.165, 1.54) is 4.90 Å². The normalized spacial score (nSPS) is 33.5. The number of para-hydroxylation sites is 1. The van der Waals surface area contributed by atoms with Crippen LogP contribution >= 0.6 is 15.9 Å². The van der Waals surface area contributed by atoms with Gasteiger partial charge in [0.1, 0.15) is 11.6 Å². The van der Waals surface area contributed by atoms with Crippen LogP contribution in [0.25, 0.3) is 0 Å². The molecule has 1 aromatic rings. The molecule has 3 amide bonds. The third-order valence-corrected chi connectivity index (χ3v) is 8.35. The first-order valence-electron chi connectivity index (χ1n) is 12.2. The molecule has 3 aliphatic heterocycles. The Morgan fingerprint density at radius 3 is 2.59 bits per heavy atom. The summed E-state index contributed by atoms with van der Waals surface area (Å²) in [5.41, 5.74) is -0.477. The number of carbonyl (C=O) groups excluding carboxylic acids is 3. The summed E-state index contributed by atoms with van der Waals surface area (Å²) in [6.07, 6.45) is 2.15. The second kappa shape index (κ2) is 9.95. The maximum absolute atomic E-state index is 13.9. The largest absolute Gasteiger partial charge is 0.394 e. The summed E-state index contributed by atoms with van der Waals surface area (Å²) in [5.74, 6) is -2.39. The van der Waals surface area contributed by atoms with Gasteiger partial charge < -0.3 is 25.4 Å². The van der Waals surface area contributed by atoms with Crippen LogP contribution in [0.15, 0.2) is 30.3 Å². The first-order chi connectivity index (χ1) is 16.3. The number of nitrogens with zero attached hydrogens (tertiary/aromatic N) is 1. The Labute approximate surface area is 208 Å². The maximum Gasteiger partial charge on any atom is 0.246 e. The first-order valence-corrected chi connectivity index (χ1v) is 13.1. The van der Waals surface area contributed by atoms with E-state index in [0.717, 1.165) is 12.8 Å². The number of hydrogen-bond acceptors (Lipinski definition) is 5. The zero-order valence-electron chi connectivity index (χ0n) is 19.9. The molecule has 1 spiro atoms. The van der Waals surface area contributed by atoms with E-state index in [4.69, 9.17) is 4.74 Å². The fourth-order valence-corrected chi connectivity index (χ4v) is 6.99. The van der Waals surface area contributed by atoms with Crippen molar-refractivity contribution >= 4 is 39.3 Å². The van der Waals surface area contributed by atoms with Crippen LogP contribution in [0.5, 0.6) is 0 Å². The van der Waals surface area contributed by atoms with Crippen LogP contribution < -0.4 is 10.6 Å². The summed E-state index contributed by atoms with van der Waals surface area (Å²) < 4.78 is 6.47. The number of aliphatic hydroxyl groups excluding tert-OH is 1. The van der Waals surface area contributed by atoms with E-state index in [-0.39, 0.29) is 35.2 Å². The molecule has 9 heteroatoms. The third kappa shape index (κ3) is 4.05. The van der Waals surface area contributed by atoms with Crippen molar-refractivity contribution in [3.63, 3.8) is 0 Å². The minimum Gasteiger partial charge on any atom is -0.394 e. The van der Waals surface area contributed by atoms with Crippen LogP contribution in [0.2, 0.25) is 0 Å². The quantitative estimate of drug-likeness (QED) is 0.421. The molecule has 4 unspecified atom stereocenters. The number of hydrogen-bond donors (Lipinski definition) is 3. The third-order valence-electron chi connectivity index (χ3n) is 7.51. The molecule has 0 aromatic heterocycles. The predicted molar refractivity (Wildman–Crippen MR) is 131 cm³/mol. The molecule has 3 saturated heterocycles. The number of rotatable bonds is 9. The maximum atomic E-state index is 13.9. The lowest BCUT2D eigenvalue weighted by molar-refractivity contribution is -0.145. The molecule has 34 heavy (non-hydrogen) atoms. The number of halogens is 1. The fraction of sp³-hybridized carbons (Fsp3) is 0.640. The number of alkyl halides is 1. The molecule has 0 saturated carbocycles. The highest BCUT2D eigenvalue weighted by Crippen LogP contribution is 2.60. The van der Waals surface area contributed by atoms with Gasteiger partial charge in [-0.1, -0.05) is 54.4 Å². The Morgan fingerprint density at radius 1 is 1.26 bits per heavy atom. The van der Waals surface area contributed by atoms with Crippen molar-refractivity contribution in [2.24, 2.45) is 11.8 Å². The number of aliphatic hydroxyl groups is 1. The molecule has 186 valence electrons. The van der Waals surface area contributed by atoms with Gasteiger partial charge in [0.05, 0.1) is 30.6 Å². The van der Waals surface area contributed by atoms with Crippen LogP contribution in [0.3, 0.4) is 0 Å². The van der Waals surface area contributed by atoms with Crippen LogP contribution in [-0.2, 0) is 19.1 Å². The van der Waals surface area contributed by atoms with Gasteiger partial charge in [-0.05, 0) is 38.3 Å². The zero-order valence-corrected chi connectivity index (χ0v) is 21.5. The van der Waals surface area contributed by atoms with Gasteiger partial charge in [-0.2, -0.15) is 0 Å². The summed E-state index contributed by atoms with van der Waals surface area (Å²) in [7, 11) is 0. The van der Waals surface area contributed by atoms with Crippen LogP contribution in [0.1, 0.15) is 46.5 Å². The van der Waals surface area contributed by atoms with Crippen LogP contribution in [0.4, 0.5) is 5.69 Å². The van der Waals surface area contributed by atoms with E-state index in [1.54, 1.807) is 12.1 Å². The Morgan fingerprint density at radius 2 is 1.97 bits per heavy atom. The highest BCUT2D eigenvalue weighted by molar-refractivity contribution is 9.09. The number of benzene rings is 1. The Bertz CT molecular complexity index is 926. The fourth-order valence-electron chi connectivity index (χ4n) is 6.05. The summed E-state index contributed by atoms with van der Waals surface area (Å²) in [6.45, 7) is 5.60. The molecule has 3 N–H and O–H groups in total. The smallest absolute Gasteiger partial charge is 0.246 e. The minimum absolute atomic E-state index is 0.0605. The van der Waals surface area contributed by atoms with Gasteiger partial charge in [0, 0.05) is 16.6 Å². The van der Waals surface area contributed by atoms with Crippen LogP contribution in [-0.4, -0.2) is 69.0 Å². The Balaban J connectivity index is 1.71. The van der Waals surface area contributed by atoms with E-state index in [0.29, 0.717) is 18.5 Å². The van der Waals surface area contributed by atoms with Crippen molar-refractivity contribution < 1.29 is 24.2 Å². The standard InChI is InChI=1S/C25H34BrN3O5/c1-4-9-14(3)27-23(32)21-25-12-17(26)20(34-25)18(22(31)28-15-10-7-6-8-11-15)19(25)24(33)29(21)16(5-2)13-30/h6-8,10-11,14,16-21,30H,4-5,9,12-13H2,1-3H3,(H,27,32)(H,28,31)/t14?,16-,17?,18-,19-,20-,21?,25?/m0/s1. The molecule has 3 fully saturated rings. The second-order valence-electron chi connectivity index (χ2n) is 9.71. The molecular formula is C25H34BrN3O5. The first kappa shape index (κ1) is 25.1. The number of nitrogens with one attached hydrogen (secondary N) is 2. The molecular weight excluding hydrogens is 502 g/mol. The van der Waals surface area contributed by atoms with Gasteiger partial charge in [-0.3, -0.25) is 14.4 Å². The molecule has 3 heterocycles. The summed E-state index contributed by atoms with van der Waals surface area (Å²) in [4.78, 5) is 42.3. The number of anilines is 1. The highest BCUT2D eigenvalue weighted by Gasteiger charge is 2.77. The summed E-state index contributed by atoms with van der Waals surface area (Å²) >= 11 is 3.67. The average molecular weight is 536 g/mol. The summed E-state index contributed by atoms with van der Waals surface area (Å²) in [5, 5.41) is 16.0. The van der Waals surface area contributed by atoms with Crippen molar-refractivity contribution in [1.82, 2.24) is 10.2 Å². The average Bonchev–Trinajstić information content (AvgIpc) is 3.39. The lowest BCUT2D eigenvalue weighted by Gasteiger charge is -2.37. The second-order valence-corrected chi connectivity index (χ2v) is 10.9. The predicted octanol–water partition coefficient (Wildman–Crippen LogP) is 2.45. The number of ether oxygens (including phenoxy) is 1. The molecule has 8 atom stereocenters. The Hall–Kier alpha value is -1.97. The zero-order chi connectivity index (χ0) is 24.6. The van der Waals surface area contributed by atoms with E-state index in [1.807, 2.05) is 32.0 Å². The SMILES string of the molecule is CCCC(C)NC(=O)C1N([C@@H](CC)CO)C(=O)[C@@H]2[C@H](C(=O)Nc3ccccc3)[C@H]3OC12CC3Br. The minimum atomic E-state index is -1.12. The molecule has 1 aromatic carbocycles. The lowest BCUT2D eigenvalue weighted by atomic mass is 9.70. The van der Waals surface area contributed by atoms with Gasteiger partial charge in [-0.25, -0.2) is 0 Å². The molecule has 4 rings (SSSR count). The van der Waals surface area contributed by atoms with Crippen LogP contribution in [0, 0.1) is 11.8 Å². The molecule has 3 aliphatic rings. The van der Waals surface area contributed by atoms with Gasteiger partial charge in [0.2, 0.25) is 17.7 Å². The van der Waals surface area contributed by atoms with Gasteiger partial charge in [0.15, 0.2) is 0 Å². The number of carbonyl (C=O) groups is 3. The molecule has 0 radical (unpaired) electrons. The van der Waals surface area contributed by atoms with Crippen molar-refractivity contribution in [1.29, 1.82) is 0 Å². The van der Waals surface area contributed by atoms with Crippen molar-refractivity contribution in [2.45, 2.75) is 81.1 Å². The number of likely N-dealkylation sites (tertiary alicyclic amines) is 1. The van der Waals surface area contributed by atoms with Crippen molar-refractivity contribution in [3.8, 4) is 0 Å². The van der Waals surface area contributed by atoms with Gasteiger partial charge in [-0.15, -0.1) is 0 Å². The molecule has 2 bridgehead atoms. The number of amides is 3. The van der Waals surface area contributed by atoms with Crippen molar-refractivity contribution in [2.75, 3.05) is 11.9 Å². The van der Waals surface area contributed by atoms with E-state index in [9.17, 15) is 19.5 Å². The monoisotopic (exact) mass is 535 g/mol. The van der Waals surface area contributed by atoms with E-state index >= 15 is 0 Å². The van der Waals surface area contributed by atoms with Crippen molar-refractivity contribution in [3.05, 3.63) is 30.3 Å². The van der Waals surface area contributed by atoms with Gasteiger partial charge in [0.25, 0.3) is 0 Å². The van der Waals surface area contributed by atoms with Gasteiger partial charge >= 0.3 is 0 Å².